The Morgan fingerprint density at radius 3 is 2.60 bits per heavy atom. The minimum atomic E-state index is -3.77. The van der Waals surface area contributed by atoms with E-state index in [1.54, 1.807) is 12.1 Å². The minimum absolute atomic E-state index is 0.0334. The SMILES string of the molecule is O=C1CNC(=O)N1CCNS(=O)(=O)c1ccccc1Cl. The van der Waals surface area contributed by atoms with Gasteiger partial charge in [0.25, 0.3) is 0 Å². The van der Waals surface area contributed by atoms with Crippen molar-refractivity contribution in [3.63, 3.8) is 0 Å². The molecule has 2 rings (SSSR count). The van der Waals surface area contributed by atoms with E-state index in [2.05, 4.69) is 10.0 Å². The third kappa shape index (κ3) is 3.09. The van der Waals surface area contributed by atoms with Gasteiger partial charge in [-0.1, -0.05) is 23.7 Å². The second-order valence-electron chi connectivity index (χ2n) is 4.03. The van der Waals surface area contributed by atoms with Crippen LogP contribution in [0.5, 0.6) is 0 Å². The normalized spacial score (nSPS) is 15.6. The molecule has 108 valence electrons. The highest BCUT2D eigenvalue weighted by Gasteiger charge is 2.28. The van der Waals surface area contributed by atoms with E-state index < -0.39 is 16.1 Å². The summed E-state index contributed by atoms with van der Waals surface area (Å²) in [7, 11) is -3.77. The lowest BCUT2D eigenvalue weighted by Gasteiger charge is -2.13. The quantitative estimate of drug-likeness (QED) is 0.757. The molecule has 0 unspecified atom stereocenters. The summed E-state index contributed by atoms with van der Waals surface area (Å²) in [5.41, 5.74) is 0. The number of nitrogens with zero attached hydrogens (tertiary/aromatic N) is 1. The van der Waals surface area contributed by atoms with Crippen LogP contribution < -0.4 is 10.0 Å². The molecule has 0 bridgehead atoms. The van der Waals surface area contributed by atoms with Crippen molar-refractivity contribution in [2.75, 3.05) is 19.6 Å². The lowest BCUT2D eigenvalue weighted by atomic mass is 10.4. The third-order valence-electron chi connectivity index (χ3n) is 2.69. The zero-order chi connectivity index (χ0) is 14.8. The van der Waals surface area contributed by atoms with Crippen LogP contribution >= 0.6 is 11.6 Å². The number of halogens is 1. The van der Waals surface area contributed by atoms with E-state index in [9.17, 15) is 18.0 Å². The van der Waals surface area contributed by atoms with E-state index in [0.717, 1.165) is 4.90 Å². The zero-order valence-electron chi connectivity index (χ0n) is 10.3. The van der Waals surface area contributed by atoms with E-state index >= 15 is 0 Å². The molecule has 0 aromatic heterocycles. The molecule has 0 saturated carbocycles. The van der Waals surface area contributed by atoms with Gasteiger partial charge in [0.05, 0.1) is 11.6 Å². The average molecular weight is 318 g/mol. The molecule has 1 aromatic carbocycles. The van der Waals surface area contributed by atoms with Crippen molar-refractivity contribution in [2.24, 2.45) is 0 Å². The van der Waals surface area contributed by atoms with Crippen LogP contribution in [0.2, 0.25) is 5.02 Å². The summed E-state index contributed by atoms with van der Waals surface area (Å²) >= 11 is 5.81. The predicted molar refractivity (Wildman–Crippen MR) is 71.8 cm³/mol. The highest BCUT2D eigenvalue weighted by atomic mass is 35.5. The van der Waals surface area contributed by atoms with Crippen molar-refractivity contribution >= 4 is 33.6 Å². The maximum Gasteiger partial charge on any atom is 0.324 e. The summed E-state index contributed by atoms with van der Waals surface area (Å²) in [6, 6.07) is 5.49. The second-order valence-corrected chi connectivity index (χ2v) is 6.17. The summed E-state index contributed by atoms with van der Waals surface area (Å²) < 4.78 is 26.3. The van der Waals surface area contributed by atoms with Gasteiger partial charge in [-0.3, -0.25) is 9.69 Å². The van der Waals surface area contributed by atoms with Gasteiger partial charge in [0.15, 0.2) is 0 Å². The van der Waals surface area contributed by atoms with Crippen molar-refractivity contribution in [3.8, 4) is 0 Å². The van der Waals surface area contributed by atoms with Gasteiger partial charge in [0.1, 0.15) is 4.90 Å². The molecule has 1 aliphatic heterocycles. The number of sulfonamides is 1. The van der Waals surface area contributed by atoms with Crippen LogP contribution in [0.1, 0.15) is 0 Å². The van der Waals surface area contributed by atoms with Crippen LogP contribution in [0.3, 0.4) is 0 Å². The fraction of sp³-hybridized carbons (Fsp3) is 0.273. The van der Waals surface area contributed by atoms with E-state index in [-0.39, 0.29) is 35.5 Å². The molecule has 20 heavy (non-hydrogen) atoms. The van der Waals surface area contributed by atoms with E-state index in [0.29, 0.717) is 0 Å². The number of rotatable bonds is 5. The molecule has 0 spiro atoms. The second kappa shape index (κ2) is 5.78. The lowest BCUT2D eigenvalue weighted by molar-refractivity contribution is -0.124. The molecule has 0 atom stereocenters. The van der Waals surface area contributed by atoms with Gasteiger partial charge in [-0.15, -0.1) is 0 Å². The number of nitrogens with one attached hydrogen (secondary N) is 2. The number of benzene rings is 1. The molecule has 3 amide bonds. The molecule has 1 aromatic rings. The molecule has 0 radical (unpaired) electrons. The average Bonchev–Trinajstić information content (AvgIpc) is 2.70. The Hall–Kier alpha value is -1.64. The zero-order valence-corrected chi connectivity index (χ0v) is 11.9. The van der Waals surface area contributed by atoms with Gasteiger partial charge < -0.3 is 5.32 Å². The summed E-state index contributed by atoms with van der Waals surface area (Å²) in [6.07, 6.45) is 0. The number of carbonyl (C=O) groups excluding carboxylic acids is 2. The maximum absolute atomic E-state index is 12.0. The number of amides is 3. The van der Waals surface area contributed by atoms with Gasteiger partial charge in [-0.2, -0.15) is 0 Å². The topological polar surface area (TPSA) is 95.6 Å². The standard InChI is InChI=1S/C11H12ClN3O4S/c12-8-3-1-2-4-9(8)20(18,19)14-5-6-15-10(16)7-13-11(15)17/h1-4,14H,5-7H2,(H,13,17). The van der Waals surface area contributed by atoms with Gasteiger partial charge >= 0.3 is 6.03 Å². The highest BCUT2D eigenvalue weighted by Crippen LogP contribution is 2.19. The maximum atomic E-state index is 12.0. The number of urea groups is 1. The Morgan fingerprint density at radius 1 is 1.30 bits per heavy atom. The van der Waals surface area contributed by atoms with E-state index in [4.69, 9.17) is 11.6 Å². The summed E-state index contributed by atoms with van der Waals surface area (Å²) in [6.45, 7) is -0.169. The van der Waals surface area contributed by atoms with Gasteiger partial charge in [0.2, 0.25) is 15.9 Å². The molecule has 2 N–H and O–H groups in total. The van der Waals surface area contributed by atoms with Crippen LogP contribution in [-0.2, 0) is 14.8 Å². The summed E-state index contributed by atoms with van der Waals surface area (Å²) in [5.74, 6) is -0.382. The first-order valence-electron chi connectivity index (χ1n) is 5.74. The van der Waals surface area contributed by atoms with Crippen molar-refractivity contribution in [1.29, 1.82) is 0 Å². The molecule has 9 heteroatoms. The molecular weight excluding hydrogens is 306 g/mol. The van der Waals surface area contributed by atoms with E-state index in [1.807, 2.05) is 0 Å². The fourth-order valence-corrected chi connectivity index (χ4v) is 3.25. The number of hydrogen-bond acceptors (Lipinski definition) is 4. The third-order valence-corrected chi connectivity index (χ3v) is 4.65. The van der Waals surface area contributed by atoms with Crippen molar-refractivity contribution in [1.82, 2.24) is 14.9 Å². The molecule has 1 saturated heterocycles. The summed E-state index contributed by atoms with van der Waals surface area (Å²) in [4.78, 5) is 23.5. The van der Waals surface area contributed by atoms with Crippen LogP contribution in [0, 0.1) is 0 Å². The largest absolute Gasteiger partial charge is 0.329 e. The molecule has 1 heterocycles. The van der Waals surface area contributed by atoms with Crippen LogP contribution in [0.15, 0.2) is 29.2 Å². The lowest BCUT2D eigenvalue weighted by Crippen LogP contribution is -2.38. The van der Waals surface area contributed by atoms with Crippen LogP contribution in [-0.4, -0.2) is 44.9 Å². The van der Waals surface area contributed by atoms with Crippen LogP contribution in [0.25, 0.3) is 0 Å². The minimum Gasteiger partial charge on any atom is -0.329 e. The number of hydrogen-bond donors (Lipinski definition) is 2. The first-order valence-corrected chi connectivity index (χ1v) is 7.60. The first-order chi connectivity index (χ1) is 9.42. The molecular formula is C11H12ClN3O4S. The number of imide groups is 1. The Kier molecular flexibility index (Phi) is 4.26. The van der Waals surface area contributed by atoms with Gasteiger partial charge in [-0.05, 0) is 12.1 Å². The van der Waals surface area contributed by atoms with Crippen molar-refractivity contribution in [2.45, 2.75) is 4.90 Å². The fourth-order valence-electron chi connectivity index (χ4n) is 1.71. The monoisotopic (exact) mass is 317 g/mol. The molecule has 7 nitrogen and oxygen atoms in total. The Morgan fingerprint density at radius 2 is 2.00 bits per heavy atom. The highest BCUT2D eigenvalue weighted by molar-refractivity contribution is 7.89. The van der Waals surface area contributed by atoms with Gasteiger partial charge in [0, 0.05) is 13.1 Å². The summed E-state index contributed by atoms with van der Waals surface area (Å²) in [5, 5.41) is 2.45. The molecule has 1 fully saturated rings. The van der Waals surface area contributed by atoms with E-state index in [1.165, 1.54) is 12.1 Å². The van der Waals surface area contributed by atoms with Crippen molar-refractivity contribution < 1.29 is 18.0 Å². The number of carbonyl (C=O) groups is 2. The predicted octanol–water partition coefficient (Wildman–Crippen LogP) is 0.170. The Labute approximate surface area is 120 Å². The van der Waals surface area contributed by atoms with Gasteiger partial charge in [-0.25, -0.2) is 17.9 Å². The van der Waals surface area contributed by atoms with Crippen LogP contribution in [0.4, 0.5) is 4.79 Å². The molecule has 1 aliphatic rings. The molecule has 0 aliphatic carbocycles. The van der Waals surface area contributed by atoms with Crippen molar-refractivity contribution in [3.05, 3.63) is 29.3 Å². The first kappa shape index (κ1) is 14.8. The smallest absolute Gasteiger partial charge is 0.324 e. The Bertz CT molecular complexity index is 631. The Balaban J connectivity index is 1.99.